The molecule has 0 spiro atoms. The molecule has 28 heavy (non-hydrogen) atoms. The van der Waals surface area contributed by atoms with Crippen LogP contribution in [0.15, 0.2) is 35.5 Å². The quantitative estimate of drug-likeness (QED) is 0.554. The molecular formula is C22H33N5S. The third-order valence-electron chi connectivity index (χ3n) is 5.22. The van der Waals surface area contributed by atoms with Gasteiger partial charge in [0, 0.05) is 56.8 Å². The van der Waals surface area contributed by atoms with Gasteiger partial charge in [-0.2, -0.15) is 0 Å². The SMILES string of the molecule is CCc1cnc(CCNC(=NC)NC2CCN(Cc3cccc(C)c3)CC2)s1. The van der Waals surface area contributed by atoms with Crippen LogP contribution < -0.4 is 10.6 Å². The van der Waals surface area contributed by atoms with Gasteiger partial charge in [-0.25, -0.2) is 4.98 Å². The van der Waals surface area contributed by atoms with E-state index in [0.717, 1.165) is 57.8 Å². The van der Waals surface area contributed by atoms with Crippen molar-refractivity contribution in [2.75, 3.05) is 26.7 Å². The summed E-state index contributed by atoms with van der Waals surface area (Å²) >= 11 is 1.81. The van der Waals surface area contributed by atoms with E-state index in [1.165, 1.54) is 21.0 Å². The second kappa shape index (κ2) is 10.6. The molecule has 0 bridgehead atoms. The fourth-order valence-electron chi connectivity index (χ4n) is 3.61. The van der Waals surface area contributed by atoms with Gasteiger partial charge in [0.1, 0.15) is 0 Å². The van der Waals surface area contributed by atoms with Crippen LogP contribution in [0.1, 0.15) is 40.8 Å². The van der Waals surface area contributed by atoms with Crippen molar-refractivity contribution in [3.63, 3.8) is 0 Å². The van der Waals surface area contributed by atoms with Gasteiger partial charge in [0.2, 0.25) is 0 Å². The molecule has 0 saturated carbocycles. The summed E-state index contributed by atoms with van der Waals surface area (Å²) in [6.07, 6.45) is 6.31. The number of guanidine groups is 1. The molecule has 2 heterocycles. The highest BCUT2D eigenvalue weighted by Gasteiger charge is 2.20. The lowest BCUT2D eigenvalue weighted by Gasteiger charge is -2.33. The van der Waals surface area contributed by atoms with Crippen molar-refractivity contribution in [1.29, 1.82) is 0 Å². The summed E-state index contributed by atoms with van der Waals surface area (Å²) in [6, 6.07) is 9.34. The Morgan fingerprint density at radius 1 is 1.32 bits per heavy atom. The maximum absolute atomic E-state index is 4.49. The zero-order valence-corrected chi connectivity index (χ0v) is 18.2. The molecule has 0 unspecified atom stereocenters. The van der Waals surface area contributed by atoms with Crippen LogP contribution >= 0.6 is 11.3 Å². The van der Waals surface area contributed by atoms with Gasteiger partial charge in [-0.15, -0.1) is 11.3 Å². The Bertz CT molecular complexity index is 762. The molecule has 1 saturated heterocycles. The third kappa shape index (κ3) is 6.31. The summed E-state index contributed by atoms with van der Waals surface area (Å²) in [7, 11) is 1.85. The monoisotopic (exact) mass is 399 g/mol. The molecule has 2 N–H and O–H groups in total. The number of aryl methyl sites for hydroxylation is 2. The van der Waals surface area contributed by atoms with Gasteiger partial charge in [0.05, 0.1) is 5.01 Å². The van der Waals surface area contributed by atoms with Crippen molar-refractivity contribution >= 4 is 17.3 Å². The first-order valence-electron chi connectivity index (χ1n) is 10.3. The van der Waals surface area contributed by atoms with Crippen LogP contribution in [0.25, 0.3) is 0 Å². The summed E-state index contributed by atoms with van der Waals surface area (Å²) in [4.78, 5) is 12.8. The minimum absolute atomic E-state index is 0.492. The van der Waals surface area contributed by atoms with Crippen molar-refractivity contribution in [3.05, 3.63) is 51.5 Å². The van der Waals surface area contributed by atoms with Gasteiger partial charge < -0.3 is 10.6 Å². The number of piperidine rings is 1. The molecule has 1 fully saturated rings. The lowest BCUT2D eigenvalue weighted by atomic mass is 10.0. The zero-order chi connectivity index (χ0) is 19.8. The van der Waals surface area contributed by atoms with Gasteiger partial charge in [-0.05, 0) is 31.7 Å². The molecule has 6 heteroatoms. The van der Waals surface area contributed by atoms with E-state index in [1.54, 1.807) is 0 Å². The van der Waals surface area contributed by atoms with Crippen molar-refractivity contribution in [1.82, 2.24) is 20.5 Å². The normalized spacial score (nSPS) is 16.3. The smallest absolute Gasteiger partial charge is 0.191 e. The standard InChI is InChI=1S/C22H33N5S/c1-4-20-15-25-21(28-20)8-11-24-22(23-3)26-19-9-12-27(13-10-19)16-18-7-5-6-17(2)14-18/h5-7,14-15,19H,4,8-13,16H2,1-3H3,(H2,23,24,26). The Hall–Kier alpha value is -1.92. The molecular weight excluding hydrogens is 366 g/mol. The van der Waals surface area contributed by atoms with Crippen LogP contribution in [0, 0.1) is 6.92 Å². The molecule has 1 aromatic heterocycles. The second-order valence-electron chi connectivity index (χ2n) is 7.51. The number of thiazole rings is 1. The van der Waals surface area contributed by atoms with Crippen LogP contribution in [0.3, 0.4) is 0 Å². The highest BCUT2D eigenvalue weighted by atomic mass is 32.1. The van der Waals surface area contributed by atoms with Crippen LogP contribution in [0.4, 0.5) is 0 Å². The number of rotatable bonds is 7. The lowest BCUT2D eigenvalue weighted by Crippen LogP contribution is -2.48. The number of nitrogens with zero attached hydrogens (tertiary/aromatic N) is 3. The molecule has 0 atom stereocenters. The first-order valence-corrected chi connectivity index (χ1v) is 11.2. The van der Waals surface area contributed by atoms with E-state index in [9.17, 15) is 0 Å². The fraction of sp³-hybridized carbons (Fsp3) is 0.545. The average Bonchev–Trinajstić information content (AvgIpc) is 3.16. The number of likely N-dealkylation sites (tertiary alicyclic amines) is 1. The third-order valence-corrected chi connectivity index (χ3v) is 6.42. The van der Waals surface area contributed by atoms with E-state index >= 15 is 0 Å². The molecule has 0 radical (unpaired) electrons. The summed E-state index contributed by atoms with van der Waals surface area (Å²) in [5.74, 6) is 0.907. The van der Waals surface area contributed by atoms with Crippen LogP contribution in [0.5, 0.6) is 0 Å². The summed E-state index contributed by atoms with van der Waals surface area (Å²) in [6.45, 7) is 8.50. The Morgan fingerprint density at radius 2 is 2.14 bits per heavy atom. The Balaban J connectivity index is 1.37. The van der Waals surface area contributed by atoms with Crippen molar-refractivity contribution in [2.24, 2.45) is 4.99 Å². The Kier molecular flexibility index (Phi) is 7.86. The van der Waals surface area contributed by atoms with E-state index in [2.05, 4.69) is 63.6 Å². The van der Waals surface area contributed by atoms with E-state index in [-0.39, 0.29) is 0 Å². The number of aromatic nitrogens is 1. The summed E-state index contributed by atoms with van der Waals surface area (Å²) < 4.78 is 0. The minimum Gasteiger partial charge on any atom is -0.356 e. The van der Waals surface area contributed by atoms with Crippen LogP contribution in [-0.4, -0.2) is 48.6 Å². The van der Waals surface area contributed by atoms with Crippen molar-refractivity contribution < 1.29 is 0 Å². The first-order chi connectivity index (χ1) is 13.7. The highest BCUT2D eigenvalue weighted by Crippen LogP contribution is 2.15. The zero-order valence-electron chi connectivity index (χ0n) is 17.4. The fourth-order valence-corrected chi connectivity index (χ4v) is 4.47. The number of hydrogen-bond donors (Lipinski definition) is 2. The molecule has 152 valence electrons. The highest BCUT2D eigenvalue weighted by molar-refractivity contribution is 7.11. The van der Waals surface area contributed by atoms with Gasteiger partial charge >= 0.3 is 0 Å². The van der Waals surface area contributed by atoms with E-state index in [0.29, 0.717) is 6.04 Å². The molecule has 1 aliphatic rings. The topological polar surface area (TPSA) is 52.6 Å². The second-order valence-corrected chi connectivity index (χ2v) is 8.71. The minimum atomic E-state index is 0.492. The van der Waals surface area contributed by atoms with Crippen LogP contribution in [-0.2, 0) is 19.4 Å². The Morgan fingerprint density at radius 3 is 2.82 bits per heavy atom. The Labute approximate surface area is 173 Å². The van der Waals surface area contributed by atoms with Crippen LogP contribution in [0.2, 0.25) is 0 Å². The van der Waals surface area contributed by atoms with E-state index in [4.69, 9.17) is 0 Å². The number of hydrogen-bond acceptors (Lipinski definition) is 4. The number of benzene rings is 1. The van der Waals surface area contributed by atoms with E-state index in [1.807, 2.05) is 24.6 Å². The number of nitrogens with one attached hydrogen (secondary N) is 2. The molecule has 3 rings (SSSR count). The van der Waals surface area contributed by atoms with E-state index < -0.39 is 0 Å². The van der Waals surface area contributed by atoms with Gasteiger partial charge in [0.15, 0.2) is 5.96 Å². The maximum atomic E-state index is 4.49. The largest absolute Gasteiger partial charge is 0.356 e. The van der Waals surface area contributed by atoms with Gasteiger partial charge in [-0.3, -0.25) is 9.89 Å². The molecule has 5 nitrogen and oxygen atoms in total. The molecule has 0 aliphatic carbocycles. The molecule has 1 aliphatic heterocycles. The van der Waals surface area contributed by atoms with Gasteiger partial charge in [0.25, 0.3) is 0 Å². The number of aliphatic imine (C=N–C) groups is 1. The maximum Gasteiger partial charge on any atom is 0.191 e. The summed E-state index contributed by atoms with van der Waals surface area (Å²) in [5.41, 5.74) is 2.75. The molecule has 0 amide bonds. The first kappa shape index (κ1) is 20.8. The summed E-state index contributed by atoms with van der Waals surface area (Å²) in [5, 5.41) is 8.24. The average molecular weight is 400 g/mol. The van der Waals surface area contributed by atoms with Crippen molar-refractivity contribution in [3.8, 4) is 0 Å². The predicted octanol–water partition coefficient (Wildman–Crippen LogP) is 3.39. The lowest BCUT2D eigenvalue weighted by molar-refractivity contribution is 0.198. The van der Waals surface area contributed by atoms with Crippen molar-refractivity contribution in [2.45, 2.75) is 52.1 Å². The molecule has 2 aromatic rings. The predicted molar refractivity (Wildman–Crippen MR) is 119 cm³/mol. The van der Waals surface area contributed by atoms with Gasteiger partial charge in [-0.1, -0.05) is 36.8 Å². The molecule has 1 aromatic carbocycles.